The van der Waals surface area contributed by atoms with Crippen LogP contribution in [-0.4, -0.2) is 19.4 Å². The number of hydrogen-bond donors (Lipinski definition) is 1. The molecule has 17 heavy (non-hydrogen) atoms. The number of rotatable bonds is 2. The van der Waals surface area contributed by atoms with Crippen molar-refractivity contribution in [1.82, 2.24) is 5.32 Å². The molecule has 0 spiro atoms. The van der Waals surface area contributed by atoms with E-state index in [1.807, 2.05) is 24.3 Å². The van der Waals surface area contributed by atoms with E-state index in [4.69, 9.17) is 4.74 Å². The molecule has 1 unspecified atom stereocenters. The maximum atomic E-state index is 11.5. The average Bonchev–Trinajstić information content (AvgIpc) is 2.29. The second-order valence-corrected chi connectivity index (χ2v) is 4.46. The molecule has 0 aromatic heterocycles. The molecule has 1 atom stereocenters. The Morgan fingerprint density at radius 2 is 2.18 bits per heavy atom. The number of carbonyl (C=O) groups is 1. The summed E-state index contributed by atoms with van der Waals surface area (Å²) in [6.45, 7) is 2.82. The number of halogens is 1. The van der Waals surface area contributed by atoms with Gasteiger partial charge in [-0.25, -0.2) is 0 Å². The van der Waals surface area contributed by atoms with Crippen LogP contribution in [0.4, 0.5) is 0 Å². The first-order valence-electron chi connectivity index (χ1n) is 5.55. The van der Waals surface area contributed by atoms with Crippen LogP contribution in [0.3, 0.4) is 0 Å². The van der Waals surface area contributed by atoms with Crippen molar-refractivity contribution in [2.24, 2.45) is 0 Å². The summed E-state index contributed by atoms with van der Waals surface area (Å²) in [5.41, 5.74) is 0.865. The van der Waals surface area contributed by atoms with Gasteiger partial charge in [0.25, 0.3) is 0 Å². The van der Waals surface area contributed by atoms with Gasteiger partial charge < -0.3 is 10.1 Å². The van der Waals surface area contributed by atoms with Crippen LogP contribution in [0, 0.1) is 0 Å². The number of ether oxygens (including phenoxy) is 1. The monoisotopic (exact) mass is 255 g/mol. The van der Waals surface area contributed by atoms with Gasteiger partial charge in [0, 0.05) is 24.9 Å². The highest BCUT2D eigenvalue weighted by molar-refractivity contribution is 5.85. The van der Waals surface area contributed by atoms with Crippen molar-refractivity contribution in [2.75, 3.05) is 13.7 Å². The molecule has 1 aliphatic heterocycles. The molecule has 4 heteroatoms. The first-order valence-corrected chi connectivity index (χ1v) is 5.55. The molecular formula is C13H18ClNO2. The molecule has 1 aliphatic rings. The van der Waals surface area contributed by atoms with Crippen LogP contribution >= 0.6 is 12.4 Å². The minimum Gasteiger partial charge on any atom is -0.497 e. The number of carbonyl (C=O) groups excluding carboxylic acids is 1. The zero-order chi connectivity index (χ0) is 11.6. The molecule has 0 bridgehead atoms. The summed E-state index contributed by atoms with van der Waals surface area (Å²) in [6, 6.07) is 7.90. The lowest BCUT2D eigenvalue weighted by Gasteiger charge is -2.34. The van der Waals surface area contributed by atoms with Crippen LogP contribution in [0.5, 0.6) is 5.75 Å². The summed E-state index contributed by atoms with van der Waals surface area (Å²) < 4.78 is 5.20. The predicted molar refractivity (Wildman–Crippen MR) is 69.8 cm³/mol. The standard InChI is InChI=1S/C13H17NO2.ClH/c1-13(9-11(15)6-7-14-13)10-4-3-5-12(8-10)16-2;/h3-5,8,14H,6-7,9H2,1-2H3;1H. The smallest absolute Gasteiger partial charge is 0.136 e. The molecule has 1 fully saturated rings. The van der Waals surface area contributed by atoms with Gasteiger partial charge in [0.15, 0.2) is 0 Å². The van der Waals surface area contributed by atoms with Gasteiger partial charge in [-0.2, -0.15) is 0 Å². The van der Waals surface area contributed by atoms with Gasteiger partial charge in [-0.3, -0.25) is 4.79 Å². The van der Waals surface area contributed by atoms with Crippen LogP contribution in [0.2, 0.25) is 0 Å². The fourth-order valence-corrected chi connectivity index (χ4v) is 2.19. The number of hydrogen-bond acceptors (Lipinski definition) is 3. The first-order chi connectivity index (χ1) is 7.64. The third-order valence-electron chi connectivity index (χ3n) is 3.18. The number of piperidine rings is 1. The lowest BCUT2D eigenvalue weighted by molar-refractivity contribution is -0.122. The van der Waals surface area contributed by atoms with Crippen molar-refractivity contribution in [1.29, 1.82) is 0 Å². The van der Waals surface area contributed by atoms with Gasteiger partial charge in [-0.15, -0.1) is 12.4 Å². The predicted octanol–water partition coefficient (Wildman–Crippen LogP) is 2.28. The van der Waals surface area contributed by atoms with E-state index in [0.29, 0.717) is 18.6 Å². The Hall–Kier alpha value is -1.06. The van der Waals surface area contributed by atoms with Gasteiger partial charge in [0.05, 0.1) is 7.11 Å². The summed E-state index contributed by atoms with van der Waals surface area (Å²) in [7, 11) is 1.65. The lowest BCUT2D eigenvalue weighted by atomic mass is 9.83. The maximum absolute atomic E-state index is 11.5. The van der Waals surface area contributed by atoms with E-state index in [1.54, 1.807) is 7.11 Å². The summed E-state index contributed by atoms with van der Waals surface area (Å²) in [5, 5.41) is 3.42. The summed E-state index contributed by atoms with van der Waals surface area (Å²) in [5.74, 6) is 1.16. The quantitative estimate of drug-likeness (QED) is 0.881. The van der Waals surface area contributed by atoms with Crippen molar-refractivity contribution >= 4 is 18.2 Å². The molecular weight excluding hydrogens is 238 g/mol. The molecule has 0 saturated carbocycles. The third kappa shape index (κ3) is 2.99. The van der Waals surface area contributed by atoms with E-state index >= 15 is 0 Å². The SMILES string of the molecule is COc1cccc(C2(C)CC(=O)CCN2)c1.Cl. The molecule has 94 valence electrons. The first kappa shape index (κ1) is 14.0. The molecule has 2 rings (SSSR count). The average molecular weight is 256 g/mol. The Morgan fingerprint density at radius 1 is 1.41 bits per heavy atom. The molecule has 3 nitrogen and oxygen atoms in total. The number of nitrogens with one attached hydrogen (secondary N) is 1. The zero-order valence-electron chi connectivity index (χ0n) is 10.2. The molecule has 1 heterocycles. The van der Waals surface area contributed by atoms with Crippen LogP contribution in [0.25, 0.3) is 0 Å². The zero-order valence-corrected chi connectivity index (χ0v) is 11.0. The molecule has 1 aromatic rings. The maximum Gasteiger partial charge on any atom is 0.136 e. The normalized spacial score (nSPS) is 24.0. The van der Waals surface area contributed by atoms with Gasteiger partial charge in [-0.05, 0) is 24.6 Å². The number of Topliss-reactive ketones (excluding diaryl/α,β-unsaturated/α-hetero) is 1. The Kier molecular flexibility index (Phi) is 4.54. The Labute approximate surface area is 108 Å². The fraction of sp³-hybridized carbons (Fsp3) is 0.462. The van der Waals surface area contributed by atoms with E-state index in [9.17, 15) is 4.79 Å². The van der Waals surface area contributed by atoms with Gasteiger partial charge in [-0.1, -0.05) is 12.1 Å². The van der Waals surface area contributed by atoms with Gasteiger partial charge in [0.2, 0.25) is 0 Å². The number of ketones is 1. The Morgan fingerprint density at radius 3 is 2.82 bits per heavy atom. The third-order valence-corrected chi connectivity index (χ3v) is 3.18. The van der Waals surface area contributed by atoms with E-state index in [2.05, 4.69) is 12.2 Å². The second kappa shape index (κ2) is 5.52. The van der Waals surface area contributed by atoms with E-state index in [1.165, 1.54) is 0 Å². The van der Waals surface area contributed by atoms with Crippen LogP contribution in [0.15, 0.2) is 24.3 Å². The van der Waals surface area contributed by atoms with E-state index in [0.717, 1.165) is 17.9 Å². The van der Waals surface area contributed by atoms with Crippen LogP contribution < -0.4 is 10.1 Å². The fourth-order valence-electron chi connectivity index (χ4n) is 2.19. The van der Waals surface area contributed by atoms with Crippen molar-refractivity contribution in [3.63, 3.8) is 0 Å². The lowest BCUT2D eigenvalue weighted by Crippen LogP contribution is -2.46. The topological polar surface area (TPSA) is 38.3 Å². The largest absolute Gasteiger partial charge is 0.497 e. The minimum atomic E-state index is -0.246. The van der Waals surface area contributed by atoms with Gasteiger partial charge >= 0.3 is 0 Å². The highest BCUT2D eigenvalue weighted by atomic mass is 35.5. The highest BCUT2D eigenvalue weighted by Crippen LogP contribution is 2.30. The van der Waals surface area contributed by atoms with Crippen molar-refractivity contribution in [3.8, 4) is 5.75 Å². The summed E-state index contributed by atoms with van der Waals surface area (Å²) in [6.07, 6.45) is 1.19. The van der Waals surface area contributed by atoms with Crippen LogP contribution in [0.1, 0.15) is 25.3 Å². The van der Waals surface area contributed by atoms with E-state index in [-0.39, 0.29) is 17.9 Å². The second-order valence-electron chi connectivity index (χ2n) is 4.46. The molecule has 1 N–H and O–H groups in total. The summed E-state index contributed by atoms with van der Waals surface area (Å²) >= 11 is 0. The van der Waals surface area contributed by atoms with Crippen LogP contribution in [-0.2, 0) is 10.3 Å². The van der Waals surface area contributed by atoms with Crippen molar-refractivity contribution in [3.05, 3.63) is 29.8 Å². The van der Waals surface area contributed by atoms with Crippen molar-refractivity contribution in [2.45, 2.75) is 25.3 Å². The van der Waals surface area contributed by atoms with E-state index < -0.39 is 0 Å². The molecule has 0 amide bonds. The molecule has 0 radical (unpaired) electrons. The number of benzene rings is 1. The molecule has 1 saturated heterocycles. The molecule has 1 aromatic carbocycles. The highest BCUT2D eigenvalue weighted by Gasteiger charge is 2.32. The Balaban J connectivity index is 0.00000144. The Bertz CT molecular complexity index is 408. The van der Waals surface area contributed by atoms with Gasteiger partial charge in [0.1, 0.15) is 11.5 Å². The number of methoxy groups -OCH3 is 1. The summed E-state index contributed by atoms with van der Waals surface area (Å²) in [4.78, 5) is 11.5. The molecule has 0 aliphatic carbocycles. The minimum absolute atomic E-state index is 0. The van der Waals surface area contributed by atoms with Crippen molar-refractivity contribution < 1.29 is 9.53 Å².